The summed E-state index contributed by atoms with van der Waals surface area (Å²) in [5, 5.41) is 9.87. The molecule has 0 radical (unpaired) electrons. The zero-order valence-corrected chi connectivity index (χ0v) is 11.5. The van der Waals surface area contributed by atoms with Gasteiger partial charge in [-0.05, 0) is 18.6 Å². The zero-order chi connectivity index (χ0) is 13.4. The molecule has 4 nitrogen and oxygen atoms in total. The van der Waals surface area contributed by atoms with E-state index in [-0.39, 0.29) is 18.1 Å². The first-order valence-corrected chi connectivity index (χ1v) is 7.73. The molecule has 0 fully saturated rings. The number of benzene rings is 1. The Morgan fingerprint density at radius 3 is 2.89 bits per heavy atom. The minimum absolute atomic E-state index is 0.0939. The fourth-order valence-corrected chi connectivity index (χ4v) is 2.75. The lowest BCUT2D eigenvalue weighted by Crippen LogP contribution is -2.08. The summed E-state index contributed by atoms with van der Waals surface area (Å²) in [6, 6.07) is 6.34. The zero-order valence-electron chi connectivity index (χ0n) is 10.5. The lowest BCUT2D eigenvalue weighted by Gasteiger charge is -2.04. The molecule has 0 aromatic heterocycles. The van der Waals surface area contributed by atoms with Gasteiger partial charge >= 0.3 is 5.97 Å². The third kappa shape index (κ3) is 5.37. The molecule has 0 bridgehead atoms. The van der Waals surface area contributed by atoms with Gasteiger partial charge in [0.25, 0.3) is 0 Å². The van der Waals surface area contributed by atoms with Gasteiger partial charge in [-0.3, -0.25) is 4.79 Å². The molecule has 1 rings (SSSR count). The van der Waals surface area contributed by atoms with E-state index in [0.29, 0.717) is 18.1 Å². The van der Waals surface area contributed by atoms with Crippen molar-refractivity contribution < 1.29 is 19.2 Å². The molecule has 1 unspecified atom stereocenters. The first-order valence-electron chi connectivity index (χ1n) is 6.11. The summed E-state index contributed by atoms with van der Waals surface area (Å²) in [5.41, 5.74) is 0. The second kappa shape index (κ2) is 7.93. The molecule has 0 aliphatic rings. The number of phenolic OH excluding ortho intramolecular Hbond substituents is 1. The Kier molecular flexibility index (Phi) is 6.51. The van der Waals surface area contributed by atoms with E-state index >= 15 is 0 Å². The molecule has 1 aromatic rings. The van der Waals surface area contributed by atoms with Crippen LogP contribution in [0.25, 0.3) is 0 Å². The predicted octanol–water partition coefficient (Wildman–Crippen LogP) is 2.31. The van der Waals surface area contributed by atoms with Crippen molar-refractivity contribution in [3.63, 3.8) is 0 Å². The van der Waals surface area contributed by atoms with Crippen LogP contribution in [-0.2, 0) is 14.1 Å². The molecule has 5 heteroatoms. The third-order valence-corrected chi connectivity index (χ3v) is 4.14. The molecule has 0 saturated carbocycles. The fraction of sp³-hybridized carbons (Fsp3) is 0.462. The number of phenols is 1. The Morgan fingerprint density at radius 2 is 2.22 bits per heavy atom. The SMILES string of the molecule is CCCCOC(=O)CC[PH](=O)c1cccc(O)c1. The Balaban J connectivity index is 2.35. The predicted molar refractivity (Wildman–Crippen MR) is 72.1 cm³/mol. The fourth-order valence-electron chi connectivity index (χ4n) is 1.44. The average Bonchev–Trinajstić information content (AvgIpc) is 2.36. The molecule has 1 aromatic carbocycles. The van der Waals surface area contributed by atoms with Gasteiger partial charge in [0, 0.05) is 11.5 Å². The van der Waals surface area contributed by atoms with E-state index in [0.717, 1.165) is 12.8 Å². The number of rotatable bonds is 7. The molecule has 0 aliphatic heterocycles. The average molecular weight is 270 g/mol. The van der Waals surface area contributed by atoms with E-state index < -0.39 is 7.80 Å². The van der Waals surface area contributed by atoms with Gasteiger partial charge < -0.3 is 14.4 Å². The molecule has 1 N–H and O–H groups in total. The second-order valence-electron chi connectivity index (χ2n) is 4.05. The summed E-state index contributed by atoms with van der Waals surface area (Å²) >= 11 is 0. The first-order chi connectivity index (χ1) is 8.63. The smallest absolute Gasteiger partial charge is 0.306 e. The van der Waals surface area contributed by atoms with Crippen molar-refractivity contribution in [2.75, 3.05) is 12.8 Å². The standard InChI is InChI=1S/C13H19O4P/c1-2-3-8-17-13(15)7-9-18(16)12-6-4-5-11(14)10-12/h4-6,10,14,18H,2-3,7-9H2,1H3. The van der Waals surface area contributed by atoms with Crippen LogP contribution in [0.15, 0.2) is 24.3 Å². The number of unbranched alkanes of at least 4 members (excludes halogenated alkanes) is 1. The van der Waals surface area contributed by atoms with Crippen LogP contribution in [0, 0.1) is 0 Å². The van der Waals surface area contributed by atoms with Crippen molar-refractivity contribution in [1.29, 1.82) is 0 Å². The van der Waals surface area contributed by atoms with Gasteiger partial charge in [0.15, 0.2) is 0 Å². The summed E-state index contributed by atoms with van der Waals surface area (Å²) in [6.07, 6.45) is 2.29. The van der Waals surface area contributed by atoms with Crippen molar-refractivity contribution in [3.05, 3.63) is 24.3 Å². The Hall–Kier alpha value is -1.28. The van der Waals surface area contributed by atoms with Crippen LogP contribution >= 0.6 is 7.80 Å². The highest BCUT2D eigenvalue weighted by Crippen LogP contribution is 2.23. The van der Waals surface area contributed by atoms with Crippen molar-refractivity contribution in [3.8, 4) is 5.75 Å². The molecule has 0 heterocycles. The molecule has 18 heavy (non-hydrogen) atoms. The molecule has 1 atom stereocenters. The molecule has 0 spiro atoms. The molecular formula is C13H19O4P. The van der Waals surface area contributed by atoms with Crippen LogP contribution in [0.5, 0.6) is 5.75 Å². The van der Waals surface area contributed by atoms with Gasteiger partial charge in [-0.25, -0.2) is 0 Å². The molecule has 0 saturated heterocycles. The van der Waals surface area contributed by atoms with Crippen LogP contribution in [-0.4, -0.2) is 23.8 Å². The summed E-state index contributed by atoms with van der Waals surface area (Å²) in [7, 11) is -2.03. The van der Waals surface area contributed by atoms with Gasteiger partial charge in [-0.15, -0.1) is 0 Å². The van der Waals surface area contributed by atoms with Gasteiger partial charge in [0.1, 0.15) is 13.6 Å². The highest BCUT2D eigenvalue weighted by Gasteiger charge is 2.09. The number of hydrogen-bond acceptors (Lipinski definition) is 4. The van der Waals surface area contributed by atoms with Gasteiger partial charge in [-0.1, -0.05) is 25.5 Å². The van der Waals surface area contributed by atoms with Crippen molar-refractivity contribution >= 4 is 19.1 Å². The maximum Gasteiger partial charge on any atom is 0.306 e. The van der Waals surface area contributed by atoms with Gasteiger partial charge in [0.2, 0.25) is 0 Å². The van der Waals surface area contributed by atoms with Crippen LogP contribution in [0.4, 0.5) is 0 Å². The quantitative estimate of drug-likeness (QED) is 0.469. The largest absolute Gasteiger partial charge is 0.508 e. The van der Waals surface area contributed by atoms with Crippen LogP contribution in [0.2, 0.25) is 0 Å². The molecule has 0 amide bonds. The maximum atomic E-state index is 11.9. The van der Waals surface area contributed by atoms with E-state index in [4.69, 9.17) is 4.74 Å². The molecule has 100 valence electrons. The van der Waals surface area contributed by atoms with E-state index in [2.05, 4.69) is 0 Å². The minimum atomic E-state index is -2.03. The molecule has 0 aliphatic carbocycles. The van der Waals surface area contributed by atoms with Gasteiger partial charge in [0.05, 0.1) is 13.0 Å². The number of carbonyl (C=O) groups excluding carboxylic acids is 1. The van der Waals surface area contributed by atoms with E-state index in [1.807, 2.05) is 6.92 Å². The third-order valence-electron chi connectivity index (χ3n) is 2.49. The number of aromatic hydroxyl groups is 1. The first kappa shape index (κ1) is 14.8. The van der Waals surface area contributed by atoms with E-state index in [1.54, 1.807) is 12.1 Å². The number of carbonyl (C=O) groups is 1. The number of esters is 1. The van der Waals surface area contributed by atoms with Crippen molar-refractivity contribution in [1.82, 2.24) is 0 Å². The maximum absolute atomic E-state index is 11.9. The Labute approximate surface area is 108 Å². The monoisotopic (exact) mass is 270 g/mol. The minimum Gasteiger partial charge on any atom is -0.508 e. The number of hydrogen-bond donors (Lipinski definition) is 1. The topological polar surface area (TPSA) is 63.6 Å². The van der Waals surface area contributed by atoms with Crippen LogP contribution in [0.3, 0.4) is 0 Å². The summed E-state index contributed by atoms with van der Waals surface area (Å²) < 4.78 is 16.9. The lowest BCUT2D eigenvalue weighted by atomic mass is 10.3. The second-order valence-corrected chi connectivity index (χ2v) is 5.97. The van der Waals surface area contributed by atoms with Gasteiger partial charge in [-0.2, -0.15) is 0 Å². The normalized spacial score (nSPS) is 12.1. The molecular weight excluding hydrogens is 251 g/mol. The van der Waals surface area contributed by atoms with Crippen molar-refractivity contribution in [2.24, 2.45) is 0 Å². The summed E-state index contributed by atoms with van der Waals surface area (Å²) in [4.78, 5) is 11.3. The van der Waals surface area contributed by atoms with Crippen molar-refractivity contribution in [2.45, 2.75) is 26.2 Å². The lowest BCUT2D eigenvalue weighted by molar-refractivity contribution is -0.143. The van der Waals surface area contributed by atoms with Crippen LogP contribution in [0.1, 0.15) is 26.2 Å². The van der Waals surface area contributed by atoms with E-state index in [1.165, 1.54) is 12.1 Å². The Bertz CT molecular complexity index is 417. The number of ether oxygens (including phenoxy) is 1. The highest BCUT2D eigenvalue weighted by atomic mass is 31.1. The summed E-state index contributed by atoms with van der Waals surface area (Å²) in [5.74, 6) is -0.210. The Morgan fingerprint density at radius 1 is 1.44 bits per heavy atom. The van der Waals surface area contributed by atoms with E-state index in [9.17, 15) is 14.5 Å². The summed E-state index contributed by atoms with van der Waals surface area (Å²) in [6.45, 7) is 2.46. The highest BCUT2D eigenvalue weighted by molar-refractivity contribution is 7.53. The van der Waals surface area contributed by atoms with Crippen LogP contribution < -0.4 is 5.30 Å².